The summed E-state index contributed by atoms with van der Waals surface area (Å²) in [7, 11) is 0. The smallest absolute Gasteiger partial charge is 0.216 e. The summed E-state index contributed by atoms with van der Waals surface area (Å²) >= 11 is 0. The highest BCUT2D eigenvalue weighted by molar-refractivity contribution is 5.72. The van der Waals surface area contributed by atoms with Crippen LogP contribution in [-0.4, -0.2) is 49.6 Å². The van der Waals surface area contributed by atoms with E-state index >= 15 is 0 Å². The Morgan fingerprint density at radius 2 is 2.06 bits per heavy atom. The van der Waals surface area contributed by atoms with Crippen LogP contribution in [0.2, 0.25) is 0 Å². The Morgan fingerprint density at radius 3 is 2.67 bits per heavy atom. The molecule has 2 rings (SSSR count). The van der Waals surface area contributed by atoms with Gasteiger partial charge in [-0.15, -0.1) is 0 Å². The molecule has 2 aliphatic rings. The van der Waals surface area contributed by atoms with Gasteiger partial charge in [0.05, 0.1) is 0 Å². The fourth-order valence-corrected chi connectivity index (χ4v) is 3.05. The van der Waals surface area contributed by atoms with Crippen molar-refractivity contribution < 1.29 is 4.79 Å². The first kappa shape index (κ1) is 13.8. The Kier molecular flexibility index (Phi) is 5.45. The summed E-state index contributed by atoms with van der Waals surface area (Å²) in [6, 6.07) is 0.714. The molecular weight excluding hydrogens is 226 g/mol. The lowest BCUT2D eigenvalue weighted by Crippen LogP contribution is -2.47. The minimum absolute atomic E-state index is 0.101. The van der Waals surface area contributed by atoms with Gasteiger partial charge in [0.2, 0.25) is 5.91 Å². The van der Waals surface area contributed by atoms with E-state index < -0.39 is 0 Å². The van der Waals surface area contributed by atoms with Crippen molar-refractivity contribution in [3.8, 4) is 0 Å². The molecule has 1 unspecified atom stereocenters. The predicted octanol–water partition coefficient (Wildman–Crippen LogP) is 0.977. The number of likely N-dealkylation sites (tertiary alicyclic amines) is 1. The van der Waals surface area contributed by atoms with Crippen LogP contribution in [0.3, 0.4) is 0 Å². The van der Waals surface area contributed by atoms with Crippen LogP contribution in [0.15, 0.2) is 0 Å². The van der Waals surface area contributed by atoms with Gasteiger partial charge in [0.15, 0.2) is 0 Å². The van der Waals surface area contributed by atoms with Gasteiger partial charge >= 0.3 is 0 Å². The van der Waals surface area contributed by atoms with Crippen molar-refractivity contribution in [3.05, 3.63) is 0 Å². The van der Waals surface area contributed by atoms with Crippen molar-refractivity contribution in [2.45, 2.75) is 45.1 Å². The number of nitrogens with zero attached hydrogens (tertiary/aromatic N) is 1. The maximum atomic E-state index is 10.9. The zero-order chi connectivity index (χ0) is 12.8. The van der Waals surface area contributed by atoms with Crippen molar-refractivity contribution >= 4 is 5.91 Å². The van der Waals surface area contributed by atoms with Crippen LogP contribution in [0, 0.1) is 5.92 Å². The highest BCUT2D eigenvalue weighted by Crippen LogP contribution is 2.18. The lowest BCUT2D eigenvalue weighted by atomic mass is 9.95. The van der Waals surface area contributed by atoms with Crippen LogP contribution in [0.5, 0.6) is 0 Å². The second-order valence-corrected chi connectivity index (χ2v) is 5.83. The second kappa shape index (κ2) is 7.10. The van der Waals surface area contributed by atoms with Gasteiger partial charge in [-0.25, -0.2) is 0 Å². The molecule has 0 saturated carbocycles. The van der Waals surface area contributed by atoms with Crippen molar-refractivity contribution in [1.82, 2.24) is 15.5 Å². The molecule has 0 aromatic heterocycles. The van der Waals surface area contributed by atoms with E-state index in [2.05, 4.69) is 15.5 Å². The first-order valence-corrected chi connectivity index (χ1v) is 7.44. The van der Waals surface area contributed by atoms with Gasteiger partial charge < -0.3 is 15.5 Å². The van der Waals surface area contributed by atoms with Crippen molar-refractivity contribution in [1.29, 1.82) is 0 Å². The fraction of sp³-hybridized carbons (Fsp3) is 0.929. The van der Waals surface area contributed by atoms with Crippen molar-refractivity contribution in [2.75, 3.05) is 32.7 Å². The third-order valence-corrected chi connectivity index (χ3v) is 4.24. The predicted molar refractivity (Wildman–Crippen MR) is 73.5 cm³/mol. The molecule has 4 nitrogen and oxygen atoms in total. The number of hydrogen-bond donors (Lipinski definition) is 2. The van der Waals surface area contributed by atoms with E-state index in [1.54, 1.807) is 6.92 Å². The maximum Gasteiger partial charge on any atom is 0.216 e. The topological polar surface area (TPSA) is 44.4 Å². The van der Waals surface area contributed by atoms with Crippen molar-refractivity contribution in [3.63, 3.8) is 0 Å². The normalized spacial score (nSPS) is 27.1. The van der Waals surface area contributed by atoms with Gasteiger partial charge in [0.25, 0.3) is 0 Å². The fourth-order valence-electron chi connectivity index (χ4n) is 3.05. The molecule has 104 valence electrons. The molecule has 1 atom stereocenters. The number of nitrogens with one attached hydrogen (secondary N) is 2. The summed E-state index contributed by atoms with van der Waals surface area (Å²) in [5.74, 6) is 0.785. The Bertz CT molecular complexity index is 256. The van der Waals surface area contributed by atoms with E-state index in [1.165, 1.54) is 58.3 Å². The SMILES string of the molecule is CC(=O)NCC1CCN(CC2CCCCN2)CC1. The van der Waals surface area contributed by atoms with Crippen molar-refractivity contribution in [2.24, 2.45) is 5.92 Å². The third kappa shape index (κ3) is 4.58. The summed E-state index contributed by atoms with van der Waals surface area (Å²) in [4.78, 5) is 13.5. The van der Waals surface area contributed by atoms with Gasteiger partial charge in [0.1, 0.15) is 0 Å². The van der Waals surface area contributed by atoms with Crippen LogP contribution < -0.4 is 10.6 Å². The number of hydrogen-bond acceptors (Lipinski definition) is 3. The molecule has 2 heterocycles. The summed E-state index contributed by atoms with van der Waals surface area (Å²) < 4.78 is 0. The molecule has 0 aliphatic carbocycles. The number of piperidine rings is 2. The molecule has 0 spiro atoms. The number of amides is 1. The van der Waals surface area contributed by atoms with Gasteiger partial charge in [-0.05, 0) is 51.2 Å². The molecule has 0 bridgehead atoms. The highest BCUT2D eigenvalue weighted by atomic mass is 16.1. The Labute approximate surface area is 110 Å². The summed E-state index contributed by atoms with van der Waals surface area (Å²) in [6.07, 6.45) is 6.53. The van der Waals surface area contributed by atoms with E-state index in [9.17, 15) is 4.79 Å². The van der Waals surface area contributed by atoms with Crippen LogP contribution in [0.25, 0.3) is 0 Å². The van der Waals surface area contributed by atoms with Gasteiger partial charge in [-0.2, -0.15) is 0 Å². The molecule has 4 heteroatoms. The molecule has 18 heavy (non-hydrogen) atoms. The standard InChI is InChI=1S/C14H27N3O/c1-12(18)16-10-13-5-8-17(9-6-13)11-14-4-2-3-7-15-14/h13-15H,2-11H2,1H3,(H,16,18). The van der Waals surface area contributed by atoms with E-state index in [0.29, 0.717) is 12.0 Å². The molecule has 0 aromatic carbocycles. The largest absolute Gasteiger partial charge is 0.356 e. The maximum absolute atomic E-state index is 10.9. The Balaban J connectivity index is 1.62. The van der Waals surface area contributed by atoms with Crippen LogP contribution in [0.4, 0.5) is 0 Å². The summed E-state index contributed by atoms with van der Waals surface area (Å²) in [5.41, 5.74) is 0. The third-order valence-electron chi connectivity index (χ3n) is 4.24. The molecule has 0 aromatic rings. The van der Waals surface area contributed by atoms with E-state index in [1.807, 2.05) is 0 Å². The zero-order valence-corrected chi connectivity index (χ0v) is 11.6. The van der Waals surface area contributed by atoms with Crippen LogP contribution >= 0.6 is 0 Å². The average molecular weight is 253 g/mol. The molecule has 2 aliphatic heterocycles. The first-order chi connectivity index (χ1) is 8.74. The minimum atomic E-state index is 0.101. The van der Waals surface area contributed by atoms with Crippen LogP contribution in [-0.2, 0) is 4.79 Å². The number of rotatable bonds is 4. The molecule has 0 radical (unpaired) electrons. The summed E-state index contributed by atoms with van der Waals surface area (Å²) in [5, 5.41) is 6.56. The summed E-state index contributed by atoms with van der Waals surface area (Å²) in [6.45, 7) is 7.27. The molecular formula is C14H27N3O. The second-order valence-electron chi connectivity index (χ2n) is 5.83. The number of carbonyl (C=O) groups is 1. The quantitative estimate of drug-likeness (QED) is 0.785. The Morgan fingerprint density at radius 1 is 1.28 bits per heavy atom. The molecule has 1 amide bonds. The van der Waals surface area contributed by atoms with Crippen LogP contribution in [0.1, 0.15) is 39.0 Å². The highest BCUT2D eigenvalue weighted by Gasteiger charge is 2.22. The molecule has 2 N–H and O–H groups in total. The van der Waals surface area contributed by atoms with Gasteiger partial charge in [-0.1, -0.05) is 6.42 Å². The van der Waals surface area contributed by atoms with E-state index in [-0.39, 0.29) is 5.91 Å². The molecule has 2 saturated heterocycles. The minimum Gasteiger partial charge on any atom is -0.356 e. The van der Waals surface area contributed by atoms with Gasteiger partial charge in [0, 0.05) is 26.1 Å². The first-order valence-electron chi connectivity index (χ1n) is 7.44. The Hall–Kier alpha value is -0.610. The zero-order valence-electron chi connectivity index (χ0n) is 11.6. The van der Waals surface area contributed by atoms with E-state index in [0.717, 1.165) is 6.54 Å². The lowest BCUT2D eigenvalue weighted by molar-refractivity contribution is -0.119. The average Bonchev–Trinajstić information content (AvgIpc) is 2.39. The number of carbonyl (C=O) groups excluding carboxylic acids is 1. The lowest BCUT2D eigenvalue weighted by Gasteiger charge is -2.35. The van der Waals surface area contributed by atoms with Gasteiger partial charge in [-0.3, -0.25) is 4.79 Å². The molecule has 2 fully saturated rings. The monoisotopic (exact) mass is 253 g/mol. The van der Waals surface area contributed by atoms with E-state index in [4.69, 9.17) is 0 Å².